The maximum absolute atomic E-state index is 11.1. The number of pyridine rings is 1. The predicted molar refractivity (Wildman–Crippen MR) is 63.4 cm³/mol. The maximum Gasteiger partial charge on any atom is 0.337 e. The number of aryl methyl sites for hydroxylation is 1. The van der Waals surface area contributed by atoms with E-state index in [1.807, 2.05) is 16.7 Å². The molecule has 84 valence electrons. The molecule has 0 aliphatic carbocycles. The van der Waals surface area contributed by atoms with Gasteiger partial charge in [-0.15, -0.1) is 0 Å². The van der Waals surface area contributed by atoms with Crippen molar-refractivity contribution in [3.63, 3.8) is 0 Å². The highest BCUT2D eigenvalue weighted by Gasteiger charge is 2.16. The molecule has 0 radical (unpaired) electrons. The first-order valence-corrected chi connectivity index (χ1v) is 5.54. The third-order valence-corrected chi connectivity index (χ3v) is 2.86. The number of fused-ring (bicyclic) bond motifs is 1. The van der Waals surface area contributed by atoms with Crippen molar-refractivity contribution in [2.75, 3.05) is 0 Å². The summed E-state index contributed by atoms with van der Waals surface area (Å²) >= 11 is 6.04. The minimum absolute atomic E-state index is 0.272. The molecule has 0 aromatic carbocycles. The average molecular weight is 238 g/mol. The summed E-state index contributed by atoms with van der Waals surface area (Å²) < 4.78 is 1.86. The third kappa shape index (κ3) is 1.67. The molecule has 0 saturated carbocycles. The van der Waals surface area contributed by atoms with Crippen LogP contribution in [0.3, 0.4) is 0 Å². The van der Waals surface area contributed by atoms with Crippen molar-refractivity contribution in [1.82, 2.24) is 4.40 Å². The first-order chi connectivity index (χ1) is 7.65. The number of hydrogen-bond donors (Lipinski definition) is 1. The molecule has 0 aliphatic heterocycles. The lowest BCUT2D eigenvalue weighted by Crippen LogP contribution is -1.95. The fourth-order valence-electron chi connectivity index (χ4n) is 1.90. The number of carboxylic acid groups (broad SMARTS) is 1. The van der Waals surface area contributed by atoms with Gasteiger partial charge < -0.3 is 9.51 Å². The van der Waals surface area contributed by atoms with E-state index in [1.54, 1.807) is 12.1 Å². The smallest absolute Gasteiger partial charge is 0.337 e. The molecule has 0 atom stereocenters. The van der Waals surface area contributed by atoms with Crippen LogP contribution in [0.1, 0.15) is 29.4 Å². The molecule has 1 N–H and O–H groups in total. The van der Waals surface area contributed by atoms with Crippen LogP contribution in [-0.4, -0.2) is 15.5 Å². The van der Waals surface area contributed by atoms with Gasteiger partial charge in [0.1, 0.15) is 0 Å². The van der Waals surface area contributed by atoms with Crippen LogP contribution in [0.2, 0.25) is 5.02 Å². The van der Waals surface area contributed by atoms with Gasteiger partial charge in [0.15, 0.2) is 0 Å². The number of nitrogens with zero attached hydrogens (tertiary/aromatic N) is 1. The summed E-state index contributed by atoms with van der Waals surface area (Å²) in [5.74, 6) is -0.937. The summed E-state index contributed by atoms with van der Waals surface area (Å²) in [4.78, 5) is 11.1. The normalized spacial score (nSPS) is 10.9. The van der Waals surface area contributed by atoms with Gasteiger partial charge in [-0.2, -0.15) is 0 Å². The zero-order valence-corrected chi connectivity index (χ0v) is 9.66. The molecule has 2 rings (SSSR count). The van der Waals surface area contributed by atoms with Crippen LogP contribution < -0.4 is 0 Å². The highest BCUT2D eigenvalue weighted by molar-refractivity contribution is 6.34. The zero-order valence-electron chi connectivity index (χ0n) is 8.90. The summed E-state index contributed by atoms with van der Waals surface area (Å²) in [6.45, 7) is 2.06. The Balaban J connectivity index is 2.76. The molecule has 0 bridgehead atoms. The Morgan fingerprint density at radius 3 is 2.94 bits per heavy atom. The number of rotatable bonds is 3. The summed E-state index contributed by atoms with van der Waals surface area (Å²) in [5, 5.41) is 9.59. The van der Waals surface area contributed by atoms with Crippen molar-refractivity contribution >= 4 is 23.1 Å². The van der Waals surface area contributed by atoms with Crippen molar-refractivity contribution in [2.45, 2.75) is 19.8 Å². The van der Waals surface area contributed by atoms with Crippen LogP contribution in [-0.2, 0) is 6.42 Å². The van der Waals surface area contributed by atoms with E-state index < -0.39 is 5.97 Å². The minimum atomic E-state index is -0.937. The largest absolute Gasteiger partial charge is 0.478 e. The van der Waals surface area contributed by atoms with E-state index in [0.29, 0.717) is 10.5 Å². The number of aromatic carboxylic acids is 1. The van der Waals surface area contributed by atoms with Crippen molar-refractivity contribution in [2.24, 2.45) is 0 Å². The van der Waals surface area contributed by atoms with Gasteiger partial charge in [0, 0.05) is 11.9 Å². The van der Waals surface area contributed by atoms with E-state index in [1.165, 1.54) is 0 Å². The Bertz CT molecular complexity index is 545. The standard InChI is InChI=1S/C12H12ClNO2/c1-2-4-8-7-9(12(15)16)11-10(13)5-3-6-14(8)11/h3,5-7H,2,4H2,1H3,(H,15,16). The molecule has 2 heterocycles. The molecule has 0 unspecified atom stereocenters. The summed E-state index contributed by atoms with van der Waals surface area (Å²) in [7, 11) is 0. The second kappa shape index (κ2) is 4.18. The van der Waals surface area contributed by atoms with Gasteiger partial charge in [-0.25, -0.2) is 4.79 Å². The molecule has 3 nitrogen and oxygen atoms in total. The monoisotopic (exact) mass is 237 g/mol. The van der Waals surface area contributed by atoms with E-state index >= 15 is 0 Å². The van der Waals surface area contributed by atoms with Gasteiger partial charge >= 0.3 is 5.97 Å². The molecule has 2 aromatic rings. The summed E-state index contributed by atoms with van der Waals surface area (Å²) in [6, 6.07) is 5.23. The highest BCUT2D eigenvalue weighted by atomic mass is 35.5. The van der Waals surface area contributed by atoms with E-state index in [2.05, 4.69) is 6.92 Å². The van der Waals surface area contributed by atoms with E-state index in [0.717, 1.165) is 18.5 Å². The van der Waals surface area contributed by atoms with Crippen LogP contribution in [0.4, 0.5) is 0 Å². The van der Waals surface area contributed by atoms with Gasteiger partial charge in [0.25, 0.3) is 0 Å². The maximum atomic E-state index is 11.1. The Morgan fingerprint density at radius 2 is 2.31 bits per heavy atom. The van der Waals surface area contributed by atoms with Gasteiger partial charge in [0.2, 0.25) is 0 Å². The fraction of sp³-hybridized carbons (Fsp3) is 0.250. The molecular formula is C12H12ClNO2. The molecule has 0 aliphatic rings. The number of carbonyl (C=O) groups is 1. The lowest BCUT2D eigenvalue weighted by Gasteiger charge is -2.02. The number of hydrogen-bond acceptors (Lipinski definition) is 1. The van der Waals surface area contributed by atoms with Crippen molar-refractivity contribution < 1.29 is 9.90 Å². The van der Waals surface area contributed by atoms with Crippen LogP contribution in [0, 0.1) is 0 Å². The molecule has 0 spiro atoms. The highest BCUT2D eigenvalue weighted by Crippen LogP contribution is 2.25. The summed E-state index contributed by atoms with van der Waals surface area (Å²) in [6.07, 6.45) is 3.66. The zero-order chi connectivity index (χ0) is 11.7. The third-order valence-electron chi connectivity index (χ3n) is 2.56. The molecule has 16 heavy (non-hydrogen) atoms. The van der Waals surface area contributed by atoms with Crippen LogP contribution >= 0.6 is 11.6 Å². The van der Waals surface area contributed by atoms with Gasteiger partial charge in [-0.3, -0.25) is 0 Å². The quantitative estimate of drug-likeness (QED) is 0.891. The fourth-order valence-corrected chi connectivity index (χ4v) is 2.16. The molecule has 0 fully saturated rings. The first kappa shape index (κ1) is 11.0. The van der Waals surface area contributed by atoms with Crippen molar-refractivity contribution in [3.8, 4) is 0 Å². The van der Waals surface area contributed by atoms with E-state index in [-0.39, 0.29) is 5.56 Å². The summed E-state index contributed by atoms with van der Waals surface area (Å²) in [5.41, 5.74) is 1.84. The van der Waals surface area contributed by atoms with Crippen molar-refractivity contribution in [3.05, 3.63) is 40.7 Å². The van der Waals surface area contributed by atoms with Crippen LogP contribution in [0.5, 0.6) is 0 Å². The topological polar surface area (TPSA) is 41.7 Å². The van der Waals surface area contributed by atoms with Crippen LogP contribution in [0.25, 0.3) is 5.52 Å². The average Bonchev–Trinajstić information content (AvgIpc) is 2.60. The lowest BCUT2D eigenvalue weighted by atomic mass is 10.2. The Morgan fingerprint density at radius 1 is 1.56 bits per heavy atom. The lowest BCUT2D eigenvalue weighted by molar-refractivity contribution is 0.0699. The van der Waals surface area contributed by atoms with Crippen molar-refractivity contribution in [1.29, 1.82) is 0 Å². The Labute approximate surface area is 98.3 Å². The van der Waals surface area contributed by atoms with Gasteiger partial charge in [-0.1, -0.05) is 24.9 Å². The molecule has 0 saturated heterocycles. The number of aromatic nitrogens is 1. The SMILES string of the molecule is CCCc1cc(C(=O)O)c2c(Cl)cccn12. The molecule has 2 aromatic heterocycles. The molecular weight excluding hydrogens is 226 g/mol. The minimum Gasteiger partial charge on any atom is -0.478 e. The second-order valence-electron chi connectivity index (χ2n) is 3.68. The number of halogens is 1. The first-order valence-electron chi connectivity index (χ1n) is 5.17. The van der Waals surface area contributed by atoms with E-state index in [9.17, 15) is 4.79 Å². The van der Waals surface area contributed by atoms with Gasteiger partial charge in [0.05, 0.1) is 16.1 Å². The predicted octanol–water partition coefficient (Wildman–Crippen LogP) is 3.24. The van der Waals surface area contributed by atoms with E-state index in [4.69, 9.17) is 16.7 Å². The second-order valence-corrected chi connectivity index (χ2v) is 4.09. The van der Waals surface area contributed by atoms with Gasteiger partial charge in [-0.05, 0) is 24.6 Å². The molecule has 0 amide bonds. The Kier molecular flexibility index (Phi) is 2.88. The molecule has 4 heteroatoms. The van der Waals surface area contributed by atoms with Crippen LogP contribution in [0.15, 0.2) is 24.4 Å². The number of carboxylic acids is 1. The Hall–Kier alpha value is -1.48.